The highest BCUT2D eigenvalue weighted by Crippen LogP contribution is 2.43. The van der Waals surface area contributed by atoms with Gasteiger partial charge < -0.3 is 4.90 Å². The quantitative estimate of drug-likeness (QED) is 0.208. The molecule has 0 atom stereocenters. The van der Waals surface area contributed by atoms with E-state index in [2.05, 4.69) is 169 Å². The van der Waals surface area contributed by atoms with Gasteiger partial charge in [0, 0.05) is 16.8 Å². The van der Waals surface area contributed by atoms with Gasteiger partial charge in [-0.1, -0.05) is 127 Å². The van der Waals surface area contributed by atoms with Crippen molar-refractivity contribution in [3.8, 4) is 11.1 Å². The molecular formula is C40H27N. The number of nitrogens with zero attached hydrogens (tertiary/aromatic N) is 1. The van der Waals surface area contributed by atoms with Crippen LogP contribution >= 0.6 is 0 Å². The van der Waals surface area contributed by atoms with Crippen LogP contribution in [-0.4, -0.2) is 0 Å². The van der Waals surface area contributed by atoms with Crippen LogP contribution in [0.2, 0.25) is 0 Å². The minimum Gasteiger partial charge on any atom is -0.310 e. The van der Waals surface area contributed by atoms with E-state index in [-0.39, 0.29) is 0 Å². The highest BCUT2D eigenvalue weighted by atomic mass is 15.1. The van der Waals surface area contributed by atoms with Crippen LogP contribution in [0.15, 0.2) is 164 Å². The lowest BCUT2D eigenvalue weighted by molar-refractivity contribution is 1.30. The molecule has 0 unspecified atom stereocenters. The van der Waals surface area contributed by atoms with Crippen molar-refractivity contribution in [2.45, 2.75) is 0 Å². The molecule has 41 heavy (non-hydrogen) atoms. The van der Waals surface area contributed by atoms with Crippen molar-refractivity contribution in [2.75, 3.05) is 4.90 Å². The first-order valence-electron chi connectivity index (χ1n) is 14.1. The summed E-state index contributed by atoms with van der Waals surface area (Å²) in [5, 5.41) is 10.00. The summed E-state index contributed by atoms with van der Waals surface area (Å²) in [6.07, 6.45) is 0. The lowest BCUT2D eigenvalue weighted by atomic mass is 9.95. The molecule has 0 saturated carbocycles. The molecule has 0 saturated heterocycles. The van der Waals surface area contributed by atoms with Crippen molar-refractivity contribution in [1.82, 2.24) is 0 Å². The third-order valence-electron chi connectivity index (χ3n) is 8.19. The third-order valence-corrected chi connectivity index (χ3v) is 8.19. The van der Waals surface area contributed by atoms with E-state index >= 15 is 0 Å². The second kappa shape index (κ2) is 9.66. The van der Waals surface area contributed by atoms with Crippen LogP contribution in [0, 0.1) is 0 Å². The molecular weight excluding hydrogens is 494 g/mol. The number of anilines is 3. The summed E-state index contributed by atoms with van der Waals surface area (Å²) in [7, 11) is 0. The fourth-order valence-electron chi connectivity index (χ4n) is 6.24. The lowest BCUT2D eigenvalue weighted by Crippen LogP contribution is -2.10. The summed E-state index contributed by atoms with van der Waals surface area (Å²) in [6, 6.07) is 59.3. The number of hydrogen-bond donors (Lipinski definition) is 0. The first kappa shape index (κ1) is 23.5. The maximum Gasteiger partial charge on any atom is 0.0546 e. The molecule has 0 aliphatic heterocycles. The van der Waals surface area contributed by atoms with Gasteiger partial charge in [0.15, 0.2) is 0 Å². The Kier molecular flexibility index (Phi) is 5.53. The zero-order chi connectivity index (χ0) is 27.2. The van der Waals surface area contributed by atoms with E-state index in [4.69, 9.17) is 0 Å². The molecule has 192 valence electrons. The van der Waals surface area contributed by atoms with Crippen LogP contribution in [0.4, 0.5) is 17.1 Å². The van der Waals surface area contributed by atoms with E-state index in [1.54, 1.807) is 0 Å². The first-order valence-corrected chi connectivity index (χ1v) is 14.1. The molecule has 1 nitrogen and oxygen atoms in total. The van der Waals surface area contributed by atoms with E-state index in [0.717, 1.165) is 11.4 Å². The molecule has 0 amide bonds. The van der Waals surface area contributed by atoms with Gasteiger partial charge in [0.05, 0.1) is 5.69 Å². The molecule has 0 fully saturated rings. The van der Waals surface area contributed by atoms with Crippen LogP contribution in [0.25, 0.3) is 54.2 Å². The summed E-state index contributed by atoms with van der Waals surface area (Å²) < 4.78 is 0. The Labute approximate surface area is 239 Å². The van der Waals surface area contributed by atoms with Crippen LogP contribution in [-0.2, 0) is 0 Å². The standard InChI is InChI=1S/C40H27N/c1-2-15-34(16-3-1)41(39-19-9-14-31-22-21-29-11-6-7-17-37(29)40(31)39)35-25-24-30-13-8-18-36(38(30)27-35)33-23-20-28-10-4-5-12-32(28)26-33/h1-27H. The number of para-hydroxylation sites is 1. The second-order valence-electron chi connectivity index (χ2n) is 10.6. The average molecular weight is 522 g/mol. The fraction of sp³-hybridized carbons (Fsp3) is 0. The smallest absolute Gasteiger partial charge is 0.0546 e. The van der Waals surface area contributed by atoms with Crippen molar-refractivity contribution < 1.29 is 0 Å². The molecule has 8 rings (SSSR count). The van der Waals surface area contributed by atoms with Gasteiger partial charge in [-0.2, -0.15) is 0 Å². The molecule has 0 spiro atoms. The average Bonchev–Trinajstić information content (AvgIpc) is 3.05. The van der Waals surface area contributed by atoms with Gasteiger partial charge in [-0.25, -0.2) is 0 Å². The Balaban J connectivity index is 1.39. The molecule has 0 heterocycles. The van der Waals surface area contributed by atoms with Gasteiger partial charge in [-0.15, -0.1) is 0 Å². The van der Waals surface area contributed by atoms with Crippen LogP contribution in [0.3, 0.4) is 0 Å². The summed E-state index contributed by atoms with van der Waals surface area (Å²) in [5.41, 5.74) is 5.92. The predicted molar refractivity (Wildman–Crippen MR) is 177 cm³/mol. The van der Waals surface area contributed by atoms with Crippen molar-refractivity contribution >= 4 is 60.2 Å². The highest BCUT2D eigenvalue weighted by Gasteiger charge is 2.18. The van der Waals surface area contributed by atoms with E-state index < -0.39 is 0 Å². The maximum atomic E-state index is 2.41. The van der Waals surface area contributed by atoms with Crippen molar-refractivity contribution in [3.05, 3.63) is 164 Å². The van der Waals surface area contributed by atoms with Crippen molar-refractivity contribution in [3.63, 3.8) is 0 Å². The molecule has 8 aromatic rings. The molecule has 1 heteroatoms. The first-order chi connectivity index (χ1) is 20.3. The molecule has 0 aliphatic rings. The molecule has 0 bridgehead atoms. The second-order valence-corrected chi connectivity index (χ2v) is 10.6. The Bertz CT molecular complexity index is 2210. The van der Waals surface area contributed by atoms with E-state index in [1.165, 1.54) is 59.9 Å². The number of benzene rings is 8. The van der Waals surface area contributed by atoms with Crippen molar-refractivity contribution in [2.24, 2.45) is 0 Å². The van der Waals surface area contributed by atoms with Gasteiger partial charge in [-0.3, -0.25) is 0 Å². The highest BCUT2D eigenvalue weighted by molar-refractivity contribution is 6.15. The summed E-state index contributed by atoms with van der Waals surface area (Å²) in [5.74, 6) is 0. The minimum absolute atomic E-state index is 1.13. The van der Waals surface area contributed by atoms with Gasteiger partial charge in [0.25, 0.3) is 0 Å². The van der Waals surface area contributed by atoms with Crippen molar-refractivity contribution in [1.29, 1.82) is 0 Å². The Hall–Kier alpha value is -5.40. The molecule has 0 N–H and O–H groups in total. The van der Waals surface area contributed by atoms with Gasteiger partial charge in [-0.05, 0) is 85.2 Å². The molecule has 0 aliphatic carbocycles. The Morgan fingerprint density at radius 3 is 1.88 bits per heavy atom. The van der Waals surface area contributed by atoms with Gasteiger partial charge in [0.1, 0.15) is 0 Å². The molecule has 8 aromatic carbocycles. The van der Waals surface area contributed by atoms with E-state index in [1.807, 2.05) is 0 Å². The number of rotatable bonds is 4. The SMILES string of the molecule is c1ccc(N(c2ccc3cccc(-c4ccc5ccccc5c4)c3c2)c2cccc3ccc4ccccc4c23)cc1. The van der Waals surface area contributed by atoms with E-state index in [9.17, 15) is 0 Å². The maximum absolute atomic E-state index is 2.41. The predicted octanol–water partition coefficient (Wildman–Crippen LogP) is 11.4. The molecule has 0 radical (unpaired) electrons. The normalized spacial score (nSPS) is 11.4. The topological polar surface area (TPSA) is 3.24 Å². The fourth-order valence-corrected chi connectivity index (χ4v) is 6.24. The third kappa shape index (κ3) is 4.02. The summed E-state index contributed by atoms with van der Waals surface area (Å²) in [4.78, 5) is 2.41. The van der Waals surface area contributed by atoms with Gasteiger partial charge >= 0.3 is 0 Å². The summed E-state index contributed by atoms with van der Waals surface area (Å²) >= 11 is 0. The number of fused-ring (bicyclic) bond motifs is 5. The molecule has 0 aromatic heterocycles. The zero-order valence-electron chi connectivity index (χ0n) is 22.5. The Morgan fingerprint density at radius 2 is 0.976 bits per heavy atom. The zero-order valence-corrected chi connectivity index (χ0v) is 22.5. The van der Waals surface area contributed by atoms with E-state index in [0.29, 0.717) is 0 Å². The Morgan fingerprint density at radius 1 is 0.341 bits per heavy atom. The van der Waals surface area contributed by atoms with Crippen LogP contribution in [0.5, 0.6) is 0 Å². The number of hydrogen-bond acceptors (Lipinski definition) is 1. The van der Waals surface area contributed by atoms with Crippen LogP contribution < -0.4 is 4.90 Å². The summed E-state index contributed by atoms with van der Waals surface area (Å²) in [6.45, 7) is 0. The van der Waals surface area contributed by atoms with Gasteiger partial charge in [0.2, 0.25) is 0 Å². The lowest BCUT2D eigenvalue weighted by Gasteiger charge is -2.28. The minimum atomic E-state index is 1.13. The largest absolute Gasteiger partial charge is 0.310 e. The van der Waals surface area contributed by atoms with Crippen LogP contribution in [0.1, 0.15) is 0 Å². The monoisotopic (exact) mass is 521 g/mol.